The van der Waals surface area contributed by atoms with Crippen molar-refractivity contribution >= 4 is 17.9 Å². The van der Waals surface area contributed by atoms with Gasteiger partial charge in [0.1, 0.15) is 12.0 Å². The summed E-state index contributed by atoms with van der Waals surface area (Å²) in [5.74, 6) is 0.554. The zero-order chi connectivity index (χ0) is 13.9. The molecule has 0 aromatic heterocycles. The second kappa shape index (κ2) is 5.17. The first-order chi connectivity index (χ1) is 9.76. The standard InChI is InChI=1S/C16H13NO3/c18-10-11-4-3-6-13(8-11)17-16(19)15-9-12-5-1-2-7-14(12)20-15/h1-8,10,15H,9H2,(H,17,19). The molecule has 3 rings (SSSR count). The lowest BCUT2D eigenvalue weighted by atomic mass is 10.1. The lowest BCUT2D eigenvalue weighted by molar-refractivity contribution is -0.122. The molecule has 0 aliphatic carbocycles. The van der Waals surface area contributed by atoms with E-state index in [0.29, 0.717) is 17.7 Å². The number of ether oxygens (including phenoxy) is 1. The smallest absolute Gasteiger partial charge is 0.265 e. The van der Waals surface area contributed by atoms with Crippen molar-refractivity contribution in [2.24, 2.45) is 0 Å². The van der Waals surface area contributed by atoms with Crippen molar-refractivity contribution < 1.29 is 14.3 Å². The molecule has 0 fully saturated rings. The lowest BCUT2D eigenvalue weighted by Crippen LogP contribution is -2.31. The van der Waals surface area contributed by atoms with Gasteiger partial charge in [-0.1, -0.05) is 30.3 Å². The highest BCUT2D eigenvalue weighted by molar-refractivity contribution is 5.95. The second-order valence-corrected chi connectivity index (χ2v) is 4.65. The van der Waals surface area contributed by atoms with Gasteiger partial charge in [0, 0.05) is 17.7 Å². The molecule has 0 spiro atoms. The maximum atomic E-state index is 12.2. The largest absolute Gasteiger partial charge is 0.480 e. The summed E-state index contributed by atoms with van der Waals surface area (Å²) >= 11 is 0. The average Bonchev–Trinajstić information content (AvgIpc) is 2.91. The van der Waals surface area contributed by atoms with E-state index in [1.54, 1.807) is 24.3 Å². The SMILES string of the molecule is O=Cc1cccc(NC(=O)C2Cc3ccccc3O2)c1. The number of anilines is 1. The number of nitrogens with one attached hydrogen (secondary N) is 1. The minimum atomic E-state index is -0.521. The third-order valence-corrected chi connectivity index (χ3v) is 3.23. The Hall–Kier alpha value is -2.62. The van der Waals surface area contributed by atoms with Crippen LogP contribution in [0.1, 0.15) is 15.9 Å². The predicted molar refractivity (Wildman–Crippen MR) is 75.0 cm³/mol. The zero-order valence-electron chi connectivity index (χ0n) is 10.7. The van der Waals surface area contributed by atoms with Gasteiger partial charge in [-0.3, -0.25) is 9.59 Å². The number of carbonyl (C=O) groups is 2. The molecule has 0 saturated carbocycles. The third-order valence-electron chi connectivity index (χ3n) is 3.23. The molecule has 4 nitrogen and oxygen atoms in total. The molecule has 1 unspecified atom stereocenters. The topological polar surface area (TPSA) is 55.4 Å². The molecule has 2 aromatic rings. The van der Waals surface area contributed by atoms with Gasteiger partial charge < -0.3 is 10.1 Å². The molecule has 0 radical (unpaired) electrons. The minimum absolute atomic E-state index is 0.204. The Morgan fingerprint density at radius 3 is 2.85 bits per heavy atom. The maximum Gasteiger partial charge on any atom is 0.265 e. The Morgan fingerprint density at radius 1 is 1.20 bits per heavy atom. The molecule has 2 aromatic carbocycles. The molecule has 100 valence electrons. The van der Waals surface area contributed by atoms with E-state index in [-0.39, 0.29) is 5.91 Å². The summed E-state index contributed by atoms with van der Waals surface area (Å²) in [5.41, 5.74) is 2.16. The van der Waals surface area contributed by atoms with Crippen LogP contribution in [-0.2, 0) is 11.2 Å². The van der Waals surface area contributed by atoms with E-state index in [2.05, 4.69) is 5.32 Å². The lowest BCUT2D eigenvalue weighted by Gasteiger charge is -2.11. The van der Waals surface area contributed by atoms with E-state index in [4.69, 9.17) is 4.74 Å². The Morgan fingerprint density at radius 2 is 2.05 bits per heavy atom. The van der Waals surface area contributed by atoms with E-state index in [1.165, 1.54) is 0 Å². The van der Waals surface area contributed by atoms with Crippen LogP contribution in [-0.4, -0.2) is 18.3 Å². The van der Waals surface area contributed by atoms with Gasteiger partial charge in [0.15, 0.2) is 6.10 Å². The van der Waals surface area contributed by atoms with Crippen LogP contribution in [0, 0.1) is 0 Å². The average molecular weight is 267 g/mol. The van der Waals surface area contributed by atoms with Crippen LogP contribution in [0.4, 0.5) is 5.69 Å². The number of carbonyl (C=O) groups excluding carboxylic acids is 2. The molecule has 1 atom stereocenters. The van der Waals surface area contributed by atoms with Crippen LogP contribution < -0.4 is 10.1 Å². The molecule has 1 N–H and O–H groups in total. The van der Waals surface area contributed by atoms with Crippen LogP contribution >= 0.6 is 0 Å². The first-order valence-electron chi connectivity index (χ1n) is 6.37. The molecular weight excluding hydrogens is 254 g/mol. The molecule has 0 bridgehead atoms. The van der Waals surface area contributed by atoms with E-state index in [1.807, 2.05) is 24.3 Å². The van der Waals surface area contributed by atoms with Crippen molar-refractivity contribution in [2.45, 2.75) is 12.5 Å². The predicted octanol–water partition coefficient (Wildman–Crippen LogP) is 2.44. The molecule has 1 heterocycles. The summed E-state index contributed by atoms with van der Waals surface area (Å²) in [6.07, 6.45) is 0.791. The Labute approximate surface area is 116 Å². The summed E-state index contributed by atoms with van der Waals surface area (Å²) in [4.78, 5) is 22.9. The first kappa shape index (κ1) is 12.4. The number of benzene rings is 2. The number of hydrogen-bond donors (Lipinski definition) is 1. The number of para-hydroxylation sites is 1. The third kappa shape index (κ3) is 2.40. The molecule has 0 saturated heterocycles. The fourth-order valence-electron chi connectivity index (χ4n) is 2.24. The summed E-state index contributed by atoms with van der Waals surface area (Å²) in [6, 6.07) is 14.4. The molecule has 4 heteroatoms. The van der Waals surface area contributed by atoms with Gasteiger partial charge in [0.2, 0.25) is 0 Å². The zero-order valence-corrected chi connectivity index (χ0v) is 10.7. The summed E-state index contributed by atoms with van der Waals surface area (Å²) in [6.45, 7) is 0. The van der Waals surface area contributed by atoms with Crippen molar-refractivity contribution in [1.29, 1.82) is 0 Å². The molecule has 1 amide bonds. The quantitative estimate of drug-likeness (QED) is 0.869. The van der Waals surface area contributed by atoms with Crippen molar-refractivity contribution in [1.82, 2.24) is 0 Å². The van der Waals surface area contributed by atoms with Crippen molar-refractivity contribution in [2.75, 3.05) is 5.32 Å². The monoisotopic (exact) mass is 267 g/mol. The van der Waals surface area contributed by atoms with E-state index < -0.39 is 6.10 Å². The van der Waals surface area contributed by atoms with Crippen LogP contribution in [0.15, 0.2) is 48.5 Å². The number of aldehydes is 1. The van der Waals surface area contributed by atoms with Gasteiger partial charge in [-0.15, -0.1) is 0 Å². The van der Waals surface area contributed by atoms with Crippen molar-refractivity contribution in [3.05, 3.63) is 59.7 Å². The number of amides is 1. The molecule has 1 aliphatic heterocycles. The van der Waals surface area contributed by atoms with E-state index in [9.17, 15) is 9.59 Å². The van der Waals surface area contributed by atoms with Crippen LogP contribution in [0.5, 0.6) is 5.75 Å². The van der Waals surface area contributed by atoms with Gasteiger partial charge in [-0.25, -0.2) is 0 Å². The number of hydrogen-bond acceptors (Lipinski definition) is 3. The fraction of sp³-hybridized carbons (Fsp3) is 0.125. The van der Waals surface area contributed by atoms with Gasteiger partial charge in [0.05, 0.1) is 0 Å². The second-order valence-electron chi connectivity index (χ2n) is 4.65. The summed E-state index contributed by atoms with van der Waals surface area (Å²) in [5, 5.41) is 2.77. The highest BCUT2D eigenvalue weighted by atomic mass is 16.5. The van der Waals surface area contributed by atoms with Crippen LogP contribution in [0.2, 0.25) is 0 Å². The maximum absolute atomic E-state index is 12.2. The minimum Gasteiger partial charge on any atom is -0.480 e. The highest BCUT2D eigenvalue weighted by Crippen LogP contribution is 2.28. The molecule has 1 aliphatic rings. The van der Waals surface area contributed by atoms with Crippen LogP contribution in [0.25, 0.3) is 0 Å². The highest BCUT2D eigenvalue weighted by Gasteiger charge is 2.28. The van der Waals surface area contributed by atoms with Gasteiger partial charge in [-0.05, 0) is 23.8 Å². The molecular formula is C16H13NO3. The van der Waals surface area contributed by atoms with Crippen molar-refractivity contribution in [3.63, 3.8) is 0 Å². The first-order valence-corrected chi connectivity index (χ1v) is 6.37. The normalized spacial score (nSPS) is 16.1. The van der Waals surface area contributed by atoms with Crippen LogP contribution in [0.3, 0.4) is 0 Å². The van der Waals surface area contributed by atoms with E-state index >= 15 is 0 Å². The Bertz CT molecular complexity index is 641. The number of fused-ring (bicyclic) bond motifs is 1. The molecule has 20 heavy (non-hydrogen) atoms. The number of rotatable bonds is 3. The summed E-state index contributed by atoms with van der Waals surface area (Å²) in [7, 11) is 0. The van der Waals surface area contributed by atoms with E-state index in [0.717, 1.165) is 17.6 Å². The summed E-state index contributed by atoms with van der Waals surface area (Å²) < 4.78 is 5.62. The van der Waals surface area contributed by atoms with Gasteiger partial charge >= 0.3 is 0 Å². The Balaban J connectivity index is 1.70. The van der Waals surface area contributed by atoms with Crippen molar-refractivity contribution in [3.8, 4) is 5.75 Å². The van der Waals surface area contributed by atoms with Gasteiger partial charge in [0.25, 0.3) is 5.91 Å². The fourth-order valence-corrected chi connectivity index (χ4v) is 2.24. The van der Waals surface area contributed by atoms with Gasteiger partial charge in [-0.2, -0.15) is 0 Å². The Kier molecular flexibility index (Phi) is 3.21.